The van der Waals surface area contributed by atoms with Crippen molar-refractivity contribution >= 4 is 32.3 Å². The van der Waals surface area contributed by atoms with Gasteiger partial charge in [0.15, 0.2) is 0 Å². The molecule has 0 bridgehead atoms. The third-order valence-corrected chi connectivity index (χ3v) is 7.29. The molecule has 0 saturated heterocycles. The van der Waals surface area contributed by atoms with Crippen LogP contribution in [0.2, 0.25) is 0 Å². The first-order chi connectivity index (χ1) is 14.8. The van der Waals surface area contributed by atoms with Crippen molar-refractivity contribution in [1.29, 1.82) is 0 Å². The van der Waals surface area contributed by atoms with Crippen molar-refractivity contribution in [1.82, 2.24) is 9.38 Å². The van der Waals surface area contributed by atoms with Gasteiger partial charge in [-0.15, -0.1) is 0 Å². The topological polar surface area (TPSA) is 98.4 Å². The molecule has 3 heterocycles. The number of anilines is 1. The Morgan fingerprint density at radius 3 is 2.52 bits per heavy atom. The van der Waals surface area contributed by atoms with Crippen molar-refractivity contribution in [3.63, 3.8) is 0 Å². The van der Waals surface area contributed by atoms with Gasteiger partial charge in [0.2, 0.25) is 21.3 Å². The van der Waals surface area contributed by atoms with Gasteiger partial charge in [0.25, 0.3) is 11.2 Å². The summed E-state index contributed by atoms with van der Waals surface area (Å²) in [4.78, 5) is 18.1. The average molecular weight is 438 g/mol. The third kappa shape index (κ3) is 3.46. The van der Waals surface area contributed by atoms with Crippen molar-refractivity contribution in [2.75, 3.05) is 5.73 Å². The fraction of sp³-hybridized carbons (Fsp3) is 0.261. The van der Waals surface area contributed by atoms with E-state index in [1.807, 2.05) is 26.8 Å². The van der Waals surface area contributed by atoms with Gasteiger partial charge in [-0.2, -0.15) is 0 Å². The number of hydrogen-bond donors (Lipinski definition) is 1. The van der Waals surface area contributed by atoms with Crippen LogP contribution in [0.1, 0.15) is 30.9 Å². The van der Waals surface area contributed by atoms with Crippen molar-refractivity contribution in [2.45, 2.75) is 49.9 Å². The highest BCUT2D eigenvalue weighted by Gasteiger charge is 2.29. The number of aromatic nitrogens is 3. The number of nitrogens with zero attached hydrogens (tertiary/aromatic N) is 3. The van der Waals surface area contributed by atoms with Gasteiger partial charge < -0.3 is 5.73 Å². The molecule has 0 atom stereocenters. The minimum absolute atomic E-state index is 0.0774. The molecule has 0 aliphatic heterocycles. The Morgan fingerprint density at radius 1 is 1.13 bits per heavy atom. The smallest absolute Gasteiger partial charge is 0.278 e. The fourth-order valence-electron chi connectivity index (χ4n) is 3.69. The van der Waals surface area contributed by atoms with Crippen LogP contribution in [0.3, 0.4) is 0 Å². The molecule has 4 rings (SSSR count). The first kappa shape index (κ1) is 21.0. The molecule has 31 heavy (non-hydrogen) atoms. The molecule has 7 nitrogen and oxygen atoms in total. The van der Waals surface area contributed by atoms with Crippen LogP contribution in [0.5, 0.6) is 0 Å². The largest absolute Gasteiger partial charge is 0.317 e. The second-order valence-electron chi connectivity index (χ2n) is 7.75. The third-order valence-electron chi connectivity index (χ3n) is 5.49. The lowest BCUT2D eigenvalue weighted by molar-refractivity contribution is -0.660. The Balaban J connectivity index is 2.11. The molecule has 0 amide bonds. The van der Waals surface area contributed by atoms with E-state index in [9.17, 15) is 13.2 Å². The number of fused-ring (bicyclic) bond motifs is 2. The van der Waals surface area contributed by atoms with E-state index in [1.165, 1.54) is 10.5 Å². The van der Waals surface area contributed by atoms with Gasteiger partial charge in [-0.25, -0.2) is 13.0 Å². The van der Waals surface area contributed by atoms with Crippen LogP contribution < -0.4 is 15.9 Å². The number of aryl methyl sites for hydroxylation is 3. The molecule has 0 saturated carbocycles. The Labute approximate surface area is 180 Å². The molecule has 3 aromatic heterocycles. The van der Waals surface area contributed by atoms with E-state index in [4.69, 9.17) is 10.7 Å². The van der Waals surface area contributed by atoms with Gasteiger partial charge in [0, 0.05) is 11.8 Å². The number of benzene rings is 1. The van der Waals surface area contributed by atoms with E-state index in [0.29, 0.717) is 17.8 Å². The molecule has 0 aliphatic rings. The molecule has 0 spiro atoms. The number of nitrogens with two attached hydrogens (primary N) is 1. The molecule has 1 aromatic carbocycles. The van der Waals surface area contributed by atoms with Crippen LogP contribution >= 0.6 is 0 Å². The van der Waals surface area contributed by atoms with Crippen molar-refractivity contribution < 1.29 is 13.0 Å². The number of hydrogen-bond acceptors (Lipinski definition) is 5. The average Bonchev–Trinajstić information content (AvgIpc) is 2.74. The zero-order valence-corrected chi connectivity index (χ0v) is 18.6. The van der Waals surface area contributed by atoms with Gasteiger partial charge in [-0.1, -0.05) is 42.1 Å². The predicted octanol–water partition coefficient (Wildman–Crippen LogP) is 2.97. The molecule has 4 aromatic rings. The van der Waals surface area contributed by atoms with Crippen molar-refractivity contribution in [3.8, 4) is 0 Å². The minimum atomic E-state index is -3.93. The van der Waals surface area contributed by atoms with Gasteiger partial charge in [-0.05, 0) is 44.5 Å². The molecular weight excluding hydrogens is 412 g/mol. The normalized spacial score (nSPS) is 12.0. The Hall–Kier alpha value is -3.26. The SMILES string of the molecule is CCCC[n+]1c(N)c(S(=O)(=O)c2ccc(C)cc2)cc2c(=O)n3cccc(C)c3nc21. The summed E-state index contributed by atoms with van der Waals surface area (Å²) in [6, 6.07) is 11.6. The molecule has 160 valence electrons. The van der Waals surface area contributed by atoms with Gasteiger partial charge >= 0.3 is 0 Å². The maximum Gasteiger partial charge on any atom is 0.278 e. The summed E-state index contributed by atoms with van der Waals surface area (Å²) < 4.78 is 30.0. The maximum atomic E-state index is 13.4. The summed E-state index contributed by atoms with van der Waals surface area (Å²) in [6.45, 7) is 6.26. The monoisotopic (exact) mass is 437 g/mol. The summed E-state index contributed by atoms with van der Waals surface area (Å²) in [5.41, 5.74) is 8.81. The summed E-state index contributed by atoms with van der Waals surface area (Å²) in [7, 11) is -3.93. The zero-order chi connectivity index (χ0) is 22.3. The highest BCUT2D eigenvalue weighted by atomic mass is 32.2. The van der Waals surface area contributed by atoms with Crippen LogP contribution in [-0.2, 0) is 16.4 Å². The molecule has 2 N–H and O–H groups in total. The molecule has 0 radical (unpaired) electrons. The van der Waals surface area contributed by atoms with Gasteiger partial charge in [0.05, 0.1) is 11.4 Å². The van der Waals surface area contributed by atoms with E-state index in [1.54, 1.807) is 41.1 Å². The predicted molar refractivity (Wildman–Crippen MR) is 120 cm³/mol. The lowest BCUT2D eigenvalue weighted by atomic mass is 10.2. The van der Waals surface area contributed by atoms with E-state index < -0.39 is 9.84 Å². The lowest BCUT2D eigenvalue weighted by Crippen LogP contribution is -2.41. The highest BCUT2D eigenvalue weighted by molar-refractivity contribution is 7.91. The summed E-state index contributed by atoms with van der Waals surface area (Å²) in [5, 5.41) is 0.221. The van der Waals surface area contributed by atoms with E-state index in [2.05, 4.69) is 0 Å². The first-order valence-electron chi connectivity index (χ1n) is 10.2. The molecular formula is C23H25N4O3S+. The maximum absolute atomic E-state index is 13.4. The van der Waals surface area contributed by atoms with Gasteiger partial charge in [0.1, 0.15) is 10.3 Å². The Bertz CT molecular complexity index is 1470. The van der Waals surface area contributed by atoms with Crippen molar-refractivity contribution in [2.24, 2.45) is 0 Å². The van der Waals surface area contributed by atoms with Crippen LogP contribution in [0, 0.1) is 13.8 Å². The quantitative estimate of drug-likeness (QED) is 0.382. The number of nitrogen functional groups attached to an aromatic ring is 1. The first-order valence-corrected chi connectivity index (χ1v) is 11.7. The van der Waals surface area contributed by atoms with Crippen LogP contribution in [0.4, 0.5) is 5.82 Å². The number of rotatable bonds is 5. The van der Waals surface area contributed by atoms with Gasteiger partial charge in [-0.3, -0.25) is 9.20 Å². The Morgan fingerprint density at radius 2 is 1.84 bits per heavy atom. The summed E-state index contributed by atoms with van der Waals surface area (Å²) in [6.07, 6.45) is 3.29. The molecule has 0 unspecified atom stereocenters. The van der Waals surface area contributed by atoms with E-state index in [-0.39, 0.29) is 26.6 Å². The van der Waals surface area contributed by atoms with Crippen LogP contribution in [0.25, 0.3) is 16.7 Å². The Kier molecular flexibility index (Phi) is 5.26. The second-order valence-corrected chi connectivity index (χ2v) is 9.67. The zero-order valence-electron chi connectivity index (χ0n) is 17.8. The lowest BCUT2D eigenvalue weighted by Gasteiger charge is -2.13. The summed E-state index contributed by atoms with van der Waals surface area (Å²) >= 11 is 0. The standard InChI is InChI=1S/C23H24N4O3S/c1-4-5-12-26-20(24)19(31(29,30)17-10-8-15(2)9-11-17)14-18-22(26)25-21-16(3)7-6-13-27(21)23(18)28/h6-11,13-14,24H,4-5,12H2,1-3H3/p+1. The highest BCUT2D eigenvalue weighted by Crippen LogP contribution is 2.26. The van der Waals surface area contributed by atoms with E-state index in [0.717, 1.165) is 24.0 Å². The van der Waals surface area contributed by atoms with Crippen molar-refractivity contribution in [3.05, 3.63) is 70.1 Å². The van der Waals surface area contributed by atoms with Crippen LogP contribution in [0.15, 0.2) is 63.2 Å². The molecule has 0 fully saturated rings. The molecule has 0 aliphatic carbocycles. The number of sulfone groups is 1. The number of unbranched alkanes of at least 4 members (excludes halogenated alkanes) is 1. The van der Waals surface area contributed by atoms with E-state index >= 15 is 0 Å². The molecule has 8 heteroatoms. The number of pyridine rings is 2. The second kappa shape index (κ2) is 7.77. The minimum Gasteiger partial charge on any atom is -0.317 e. The fourth-order valence-corrected chi connectivity index (χ4v) is 5.09. The summed E-state index contributed by atoms with van der Waals surface area (Å²) in [5.74, 6) is 0.0892. The van der Waals surface area contributed by atoms with Crippen LogP contribution in [-0.4, -0.2) is 17.8 Å².